The number of nitrogens with one attached hydrogen (secondary N) is 1. The van der Waals surface area contributed by atoms with E-state index < -0.39 is 6.04 Å². The van der Waals surface area contributed by atoms with E-state index in [9.17, 15) is 4.79 Å². The number of nitrogens with two attached hydrogens (primary N) is 1. The van der Waals surface area contributed by atoms with Crippen LogP contribution in [-0.2, 0) is 4.79 Å². The van der Waals surface area contributed by atoms with Gasteiger partial charge in [0.25, 0.3) is 0 Å². The van der Waals surface area contributed by atoms with Crippen LogP contribution in [-0.4, -0.2) is 11.9 Å². The Hall–Kier alpha value is -1.35. The summed E-state index contributed by atoms with van der Waals surface area (Å²) in [6.07, 6.45) is 0. The van der Waals surface area contributed by atoms with Gasteiger partial charge in [-0.2, -0.15) is 0 Å². The molecule has 0 spiro atoms. The molecule has 1 rings (SSSR count). The second-order valence-electron chi connectivity index (χ2n) is 6.11. The van der Waals surface area contributed by atoms with Gasteiger partial charge < -0.3 is 11.1 Å². The highest BCUT2D eigenvalue weighted by Crippen LogP contribution is 2.21. The van der Waals surface area contributed by atoms with Crippen LogP contribution in [0.3, 0.4) is 0 Å². The molecule has 0 aliphatic carbocycles. The Labute approximate surface area is 110 Å². The molecule has 1 atom stereocenters. The third kappa shape index (κ3) is 3.84. The Morgan fingerprint density at radius 2 is 1.89 bits per heavy atom. The van der Waals surface area contributed by atoms with E-state index in [0.717, 1.165) is 5.69 Å². The van der Waals surface area contributed by atoms with Crippen LogP contribution in [0, 0.1) is 5.41 Å². The first kappa shape index (κ1) is 14.7. The van der Waals surface area contributed by atoms with Crippen LogP contribution in [0.5, 0.6) is 0 Å². The van der Waals surface area contributed by atoms with E-state index in [1.54, 1.807) is 0 Å². The summed E-state index contributed by atoms with van der Waals surface area (Å²) < 4.78 is 0. The summed E-state index contributed by atoms with van der Waals surface area (Å²) in [6.45, 7) is 10.1. The van der Waals surface area contributed by atoms with Crippen LogP contribution < -0.4 is 11.1 Å². The Kier molecular flexibility index (Phi) is 4.52. The van der Waals surface area contributed by atoms with Gasteiger partial charge in [0, 0.05) is 5.69 Å². The van der Waals surface area contributed by atoms with Crippen molar-refractivity contribution >= 4 is 11.6 Å². The molecule has 0 aliphatic heterocycles. The molecule has 0 radical (unpaired) electrons. The number of hydrogen-bond acceptors (Lipinski definition) is 2. The van der Waals surface area contributed by atoms with Gasteiger partial charge in [-0.1, -0.05) is 46.8 Å². The predicted octanol–water partition coefficient (Wildman–Crippen LogP) is 3.12. The van der Waals surface area contributed by atoms with Gasteiger partial charge in [-0.05, 0) is 29.0 Å². The van der Waals surface area contributed by atoms with E-state index in [-0.39, 0.29) is 11.3 Å². The van der Waals surface area contributed by atoms with E-state index >= 15 is 0 Å². The Morgan fingerprint density at radius 1 is 1.28 bits per heavy atom. The quantitative estimate of drug-likeness (QED) is 0.863. The van der Waals surface area contributed by atoms with E-state index in [2.05, 4.69) is 25.2 Å². The van der Waals surface area contributed by atoms with Crippen molar-refractivity contribution in [1.29, 1.82) is 0 Å². The molecule has 0 bridgehead atoms. The molecule has 0 aliphatic rings. The fourth-order valence-corrected chi connectivity index (χ4v) is 1.59. The second-order valence-corrected chi connectivity index (χ2v) is 6.11. The molecule has 0 unspecified atom stereocenters. The van der Waals surface area contributed by atoms with Gasteiger partial charge in [-0.3, -0.25) is 4.79 Å². The summed E-state index contributed by atoms with van der Waals surface area (Å²) in [5.41, 5.74) is 7.71. The molecule has 1 amide bonds. The minimum Gasteiger partial charge on any atom is -0.325 e. The third-order valence-electron chi connectivity index (χ3n) is 3.04. The van der Waals surface area contributed by atoms with Gasteiger partial charge in [0.15, 0.2) is 0 Å². The van der Waals surface area contributed by atoms with Crippen LogP contribution >= 0.6 is 0 Å². The lowest BCUT2D eigenvalue weighted by Gasteiger charge is -2.25. The molecule has 1 aromatic rings. The summed E-state index contributed by atoms with van der Waals surface area (Å²) in [5.74, 6) is 0.307. The molecule has 1 aromatic carbocycles. The largest absolute Gasteiger partial charge is 0.325 e. The van der Waals surface area contributed by atoms with Crippen LogP contribution in [0.4, 0.5) is 5.69 Å². The molecule has 3 N–H and O–H groups in total. The van der Waals surface area contributed by atoms with Gasteiger partial charge in [0.1, 0.15) is 0 Å². The van der Waals surface area contributed by atoms with Crippen molar-refractivity contribution in [3.63, 3.8) is 0 Å². The fourth-order valence-electron chi connectivity index (χ4n) is 1.59. The highest BCUT2D eigenvalue weighted by atomic mass is 16.2. The van der Waals surface area contributed by atoms with Crippen molar-refractivity contribution in [3.05, 3.63) is 29.8 Å². The van der Waals surface area contributed by atoms with E-state index in [4.69, 9.17) is 5.73 Å². The van der Waals surface area contributed by atoms with Crippen molar-refractivity contribution < 1.29 is 4.79 Å². The average Bonchev–Trinajstić information content (AvgIpc) is 2.27. The normalized spacial score (nSPS) is 13.5. The first-order valence-electron chi connectivity index (χ1n) is 6.38. The molecule has 0 fully saturated rings. The summed E-state index contributed by atoms with van der Waals surface area (Å²) in [6, 6.07) is 7.38. The van der Waals surface area contributed by atoms with Crippen molar-refractivity contribution in [2.24, 2.45) is 11.1 Å². The van der Waals surface area contributed by atoms with Gasteiger partial charge in [-0.25, -0.2) is 0 Å². The Bertz CT molecular complexity index is 419. The maximum Gasteiger partial charge on any atom is 0.241 e. The predicted molar refractivity (Wildman–Crippen MR) is 76.6 cm³/mol. The number of hydrogen-bond donors (Lipinski definition) is 2. The minimum atomic E-state index is -0.514. The highest BCUT2D eigenvalue weighted by Gasteiger charge is 2.27. The fraction of sp³-hybridized carbons (Fsp3) is 0.533. The average molecular weight is 248 g/mol. The summed E-state index contributed by atoms with van der Waals surface area (Å²) in [5, 5.41) is 2.88. The molecule has 0 saturated heterocycles. The number of benzene rings is 1. The molecular formula is C15H24N2O. The van der Waals surface area contributed by atoms with E-state index in [1.807, 2.05) is 39.0 Å². The van der Waals surface area contributed by atoms with Crippen molar-refractivity contribution in [2.75, 3.05) is 5.32 Å². The zero-order valence-electron chi connectivity index (χ0n) is 11.9. The van der Waals surface area contributed by atoms with Crippen LogP contribution in [0.2, 0.25) is 0 Å². The van der Waals surface area contributed by atoms with Crippen LogP contribution in [0.25, 0.3) is 0 Å². The van der Waals surface area contributed by atoms with Crippen molar-refractivity contribution in [1.82, 2.24) is 0 Å². The van der Waals surface area contributed by atoms with Gasteiger partial charge in [-0.15, -0.1) is 0 Å². The zero-order valence-corrected chi connectivity index (χ0v) is 11.9. The van der Waals surface area contributed by atoms with Gasteiger partial charge >= 0.3 is 0 Å². The van der Waals surface area contributed by atoms with Crippen molar-refractivity contribution in [3.8, 4) is 0 Å². The topological polar surface area (TPSA) is 55.1 Å². The molecular weight excluding hydrogens is 224 g/mol. The van der Waals surface area contributed by atoms with E-state index in [1.165, 1.54) is 5.56 Å². The first-order chi connectivity index (χ1) is 8.21. The van der Waals surface area contributed by atoms with E-state index in [0.29, 0.717) is 5.92 Å². The number of carbonyl (C=O) groups is 1. The molecule has 0 saturated carbocycles. The number of anilines is 1. The molecule has 0 heterocycles. The van der Waals surface area contributed by atoms with Crippen LogP contribution in [0.15, 0.2) is 24.3 Å². The molecule has 3 heteroatoms. The SMILES string of the molecule is CC(C)c1cccc(NC(=O)[C@@H](N)C(C)(C)C)c1. The summed E-state index contributed by atoms with van der Waals surface area (Å²) in [7, 11) is 0. The summed E-state index contributed by atoms with van der Waals surface area (Å²) in [4.78, 5) is 12.0. The summed E-state index contributed by atoms with van der Waals surface area (Å²) >= 11 is 0. The van der Waals surface area contributed by atoms with Gasteiger partial charge in [0.2, 0.25) is 5.91 Å². The highest BCUT2D eigenvalue weighted by molar-refractivity contribution is 5.95. The minimum absolute atomic E-state index is 0.136. The molecule has 100 valence electrons. The number of carbonyl (C=O) groups excluding carboxylic acids is 1. The van der Waals surface area contributed by atoms with Crippen molar-refractivity contribution in [2.45, 2.75) is 46.6 Å². The monoisotopic (exact) mass is 248 g/mol. The zero-order chi connectivity index (χ0) is 13.9. The maximum absolute atomic E-state index is 12.0. The lowest BCUT2D eigenvalue weighted by atomic mass is 9.87. The number of rotatable bonds is 3. The van der Waals surface area contributed by atoms with Crippen LogP contribution in [0.1, 0.15) is 46.1 Å². The maximum atomic E-state index is 12.0. The first-order valence-corrected chi connectivity index (χ1v) is 6.38. The third-order valence-corrected chi connectivity index (χ3v) is 3.04. The Balaban J connectivity index is 2.79. The van der Waals surface area contributed by atoms with Gasteiger partial charge in [0.05, 0.1) is 6.04 Å². The smallest absolute Gasteiger partial charge is 0.241 e. The second kappa shape index (κ2) is 5.53. The lowest BCUT2D eigenvalue weighted by molar-refractivity contribution is -0.119. The molecule has 18 heavy (non-hydrogen) atoms. The lowest BCUT2D eigenvalue weighted by Crippen LogP contribution is -2.45. The molecule has 3 nitrogen and oxygen atoms in total. The standard InChI is InChI=1S/C15H24N2O/c1-10(2)11-7-6-8-12(9-11)17-14(18)13(16)15(3,4)5/h6-10,13H,16H2,1-5H3,(H,17,18)/t13-/m1/s1. The Morgan fingerprint density at radius 3 is 2.39 bits per heavy atom. The number of amides is 1. The molecule has 0 aromatic heterocycles.